The van der Waals surface area contributed by atoms with Crippen molar-refractivity contribution in [2.45, 2.75) is 25.8 Å². The molecule has 0 aliphatic heterocycles. The summed E-state index contributed by atoms with van der Waals surface area (Å²) in [4.78, 5) is 14.1. The molecule has 1 fully saturated rings. The lowest BCUT2D eigenvalue weighted by molar-refractivity contribution is -0.141. The standard InChI is InChI=1S/C12H16BrN3O2S/c1-16(6-8-5-9(13)19-7-8)11(17)12(3-2-4-12)10(14)15-18/h5,7,18H,2-4,6H2,1H3,(H2,14,15). The van der Waals surface area contributed by atoms with E-state index in [9.17, 15) is 4.79 Å². The minimum absolute atomic E-state index is 0.0297. The summed E-state index contributed by atoms with van der Waals surface area (Å²) >= 11 is 4.99. The third-order valence-corrected chi connectivity index (χ3v) is 5.16. The lowest BCUT2D eigenvalue weighted by Crippen LogP contribution is -2.54. The fourth-order valence-corrected chi connectivity index (χ4v) is 3.55. The zero-order valence-electron chi connectivity index (χ0n) is 10.6. The summed E-state index contributed by atoms with van der Waals surface area (Å²) < 4.78 is 1.04. The number of hydrogen-bond donors (Lipinski definition) is 2. The highest BCUT2D eigenvalue weighted by molar-refractivity contribution is 9.11. The predicted molar refractivity (Wildman–Crippen MR) is 78.2 cm³/mol. The Morgan fingerprint density at radius 3 is 2.79 bits per heavy atom. The van der Waals surface area contributed by atoms with Gasteiger partial charge in [0.15, 0.2) is 5.84 Å². The van der Waals surface area contributed by atoms with Crippen molar-refractivity contribution in [3.63, 3.8) is 0 Å². The van der Waals surface area contributed by atoms with Gasteiger partial charge in [-0.25, -0.2) is 0 Å². The van der Waals surface area contributed by atoms with Crippen molar-refractivity contribution < 1.29 is 10.0 Å². The third kappa shape index (κ3) is 2.62. The highest BCUT2D eigenvalue weighted by Gasteiger charge is 2.49. The Morgan fingerprint density at radius 2 is 2.37 bits per heavy atom. The maximum atomic E-state index is 12.5. The number of amides is 1. The normalized spacial score (nSPS) is 17.9. The molecule has 0 spiro atoms. The van der Waals surface area contributed by atoms with Crippen LogP contribution in [-0.2, 0) is 11.3 Å². The van der Waals surface area contributed by atoms with E-state index in [0.717, 1.165) is 15.8 Å². The molecule has 1 aliphatic carbocycles. The quantitative estimate of drug-likeness (QED) is 0.380. The van der Waals surface area contributed by atoms with E-state index in [1.165, 1.54) is 0 Å². The fourth-order valence-electron chi connectivity index (χ4n) is 2.35. The number of carbonyl (C=O) groups excluding carboxylic acids is 1. The van der Waals surface area contributed by atoms with Crippen molar-refractivity contribution in [3.8, 4) is 0 Å². The number of oxime groups is 1. The smallest absolute Gasteiger partial charge is 0.236 e. The molecule has 19 heavy (non-hydrogen) atoms. The van der Waals surface area contributed by atoms with Crippen LogP contribution in [0.4, 0.5) is 0 Å². The number of thiophene rings is 1. The first kappa shape index (κ1) is 14.3. The number of rotatable bonds is 4. The highest BCUT2D eigenvalue weighted by atomic mass is 79.9. The predicted octanol–water partition coefficient (Wildman–Crippen LogP) is 2.39. The van der Waals surface area contributed by atoms with Gasteiger partial charge in [-0.1, -0.05) is 11.6 Å². The molecule has 1 aliphatic rings. The molecule has 1 aromatic heterocycles. The van der Waals surface area contributed by atoms with Crippen LogP contribution in [0.1, 0.15) is 24.8 Å². The van der Waals surface area contributed by atoms with Gasteiger partial charge < -0.3 is 15.8 Å². The molecule has 0 radical (unpaired) electrons. The number of hydrogen-bond acceptors (Lipinski definition) is 4. The minimum Gasteiger partial charge on any atom is -0.409 e. The summed E-state index contributed by atoms with van der Waals surface area (Å²) in [5, 5.41) is 13.9. The zero-order valence-corrected chi connectivity index (χ0v) is 13.0. The largest absolute Gasteiger partial charge is 0.409 e. The Labute approximate surface area is 124 Å². The van der Waals surface area contributed by atoms with Gasteiger partial charge in [0, 0.05) is 13.6 Å². The molecule has 2 rings (SSSR count). The second-order valence-electron chi connectivity index (χ2n) is 4.84. The Morgan fingerprint density at radius 1 is 1.68 bits per heavy atom. The lowest BCUT2D eigenvalue weighted by atomic mass is 9.67. The molecular weight excluding hydrogens is 330 g/mol. The van der Waals surface area contributed by atoms with Crippen LogP contribution in [0, 0.1) is 5.41 Å². The van der Waals surface area contributed by atoms with E-state index in [-0.39, 0.29) is 11.7 Å². The maximum Gasteiger partial charge on any atom is 0.236 e. The topological polar surface area (TPSA) is 78.9 Å². The number of halogens is 1. The van der Waals surface area contributed by atoms with E-state index in [1.807, 2.05) is 11.4 Å². The summed E-state index contributed by atoms with van der Waals surface area (Å²) in [6.45, 7) is 0.529. The molecule has 1 amide bonds. The molecular formula is C12H16BrN3O2S. The van der Waals surface area contributed by atoms with Gasteiger partial charge in [0.1, 0.15) is 5.41 Å². The summed E-state index contributed by atoms with van der Waals surface area (Å²) in [6.07, 6.45) is 2.23. The molecule has 7 heteroatoms. The van der Waals surface area contributed by atoms with Crippen molar-refractivity contribution in [2.75, 3.05) is 7.05 Å². The second-order valence-corrected chi connectivity index (χ2v) is 7.13. The van der Waals surface area contributed by atoms with E-state index >= 15 is 0 Å². The molecule has 0 saturated heterocycles. The molecule has 5 nitrogen and oxygen atoms in total. The van der Waals surface area contributed by atoms with Gasteiger partial charge in [0.25, 0.3) is 0 Å². The molecule has 0 bridgehead atoms. The fraction of sp³-hybridized carbons (Fsp3) is 0.500. The van der Waals surface area contributed by atoms with E-state index in [2.05, 4.69) is 21.1 Å². The van der Waals surface area contributed by atoms with Gasteiger partial charge in [0.05, 0.1) is 3.79 Å². The average Bonchev–Trinajstić information content (AvgIpc) is 2.72. The van der Waals surface area contributed by atoms with E-state index in [1.54, 1.807) is 23.3 Å². The van der Waals surface area contributed by atoms with Crippen molar-refractivity contribution in [1.82, 2.24) is 4.90 Å². The number of nitrogens with zero attached hydrogens (tertiary/aromatic N) is 2. The molecule has 1 saturated carbocycles. The van der Waals surface area contributed by atoms with Crippen molar-refractivity contribution >= 4 is 39.0 Å². The molecule has 104 valence electrons. The second kappa shape index (κ2) is 5.50. The highest BCUT2D eigenvalue weighted by Crippen LogP contribution is 2.42. The van der Waals surface area contributed by atoms with Gasteiger partial charge in [-0.15, -0.1) is 11.3 Å². The SMILES string of the molecule is CN(Cc1csc(Br)c1)C(=O)C1(C(N)=NO)CCC1. The van der Waals surface area contributed by atoms with E-state index in [0.29, 0.717) is 19.4 Å². The van der Waals surface area contributed by atoms with E-state index in [4.69, 9.17) is 10.9 Å². The lowest BCUT2D eigenvalue weighted by Gasteiger charge is -2.41. The first-order valence-electron chi connectivity index (χ1n) is 5.96. The summed E-state index contributed by atoms with van der Waals surface area (Å²) in [6, 6.07) is 1.99. The Hall–Kier alpha value is -1.08. The van der Waals surface area contributed by atoms with Crippen LogP contribution < -0.4 is 5.73 Å². The van der Waals surface area contributed by atoms with Gasteiger partial charge in [-0.05, 0) is 45.8 Å². The third-order valence-electron chi connectivity index (χ3n) is 3.60. The minimum atomic E-state index is -0.795. The molecule has 0 aromatic carbocycles. The molecule has 1 aromatic rings. The Balaban J connectivity index is 2.10. The van der Waals surface area contributed by atoms with Crippen LogP contribution in [0.5, 0.6) is 0 Å². The number of amidine groups is 1. The first-order chi connectivity index (χ1) is 8.99. The van der Waals surface area contributed by atoms with Gasteiger partial charge in [-0.3, -0.25) is 4.79 Å². The van der Waals surface area contributed by atoms with Gasteiger partial charge in [-0.2, -0.15) is 0 Å². The molecule has 0 unspecified atom stereocenters. The van der Waals surface area contributed by atoms with E-state index < -0.39 is 5.41 Å². The first-order valence-corrected chi connectivity index (χ1v) is 7.63. The average molecular weight is 346 g/mol. The van der Waals surface area contributed by atoms with Crippen LogP contribution in [0.2, 0.25) is 0 Å². The van der Waals surface area contributed by atoms with Crippen LogP contribution >= 0.6 is 27.3 Å². The summed E-state index contributed by atoms with van der Waals surface area (Å²) in [5.41, 5.74) is 5.97. The maximum absolute atomic E-state index is 12.5. The summed E-state index contributed by atoms with van der Waals surface area (Å²) in [5.74, 6) is -0.0431. The number of nitrogens with two attached hydrogens (primary N) is 1. The van der Waals surface area contributed by atoms with Crippen LogP contribution in [0.25, 0.3) is 0 Å². The van der Waals surface area contributed by atoms with Gasteiger partial charge in [0.2, 0.25) is 5.91 Å². The van der Waals surface area contributed by atoms with Crippen LogP contribution in [0.3, 0.4) is 0 Å². The molecule has 1 heterocycles. The van der Waals surface area contributed by atoms with Crippen LogP contribution in [-0.4, -0.2) is 28.9 Å². The Kier molecular flexibility index (Phi) is 4.15. The summed E-state index contributed by atoms with van der Waals surface area (Å²) in [7, 11) is 1.75. The van der Waals surface area contributed by atoms with Crippen molar-refractivity contribution in [3.05, 3.63) is 20.8 Å². The monoisotopic (exact) mass is 345 g/mol. The molecule has 0 atom stereocenters. The van der Waals surface area contributed by atoms with Crippen molar-refractivity contribution in [2.24, 2.45) is 16.3 Å². The van der Waals surface area contributed by atoms with Crippen molar-refractivity contribution in [1.29, 1.82) is 0 Å². The zero-order chi connectivity index (χ0) is 14.0. The van der Waals surface area contributed by atoms with Gasteiger partial charge >= 0.3 is 0 Å². The molecule has 3 N–H and O–H groups in total. The Bertz CT molecular complexity index is 511. The number of carbonyl (C=O) groups is 1. The van der Waals surface area contributed by atoms with Crippen LogP contribution in [0.15, 0.2) is 20.4 Å².